The lowest BCUT2D eigenvalue weighted by Gasteiger charge is -2.18. The van der Waals surface area contributed by atoms with Crippen molar-refractivity contribution in [2.75, 3.05) is 24.7 Å². The highest BCUT2D eigenvalue weighted by molar-refractivity contribution is 7.99. The molecule has 0 bridgehead atoms. The average molecular weight is 639 g/mol. The monoisotopic (exact) mass is 638 g/mol. The molecule has 0 amide bonds. The molecule has 8 nitrogen and oxygen atoms in total. The Hall–Kier alpha value is -0.600. The summed E-state index contributed by atoms with van der Waals surface area (Å²) in [6, 6.07) is 0. The van der Waals surface area contributed by atoms with E-state index in [1.54, 1.807) is 11.8 Å². The molecule has 0 fully saturated rings. The van der Waals surface area contributed by atoms with Gasteiger partial charge in [-0.2, -0.15) is 11.8 Å². The molecule has 0 unspecified atom stereocenters. The minimum Gasteiger partial charge on any atom is -0.468 e. The lowest BCUT2D eigenvalue weighted by atomic mass is 10.0. The molecule has 0 aromatic carbocycles. The Balaban J connectivity index is 3.81. The van der Waals surface area contributed by atoms with Gasteiger partial charge in [-0.25, -0.2) is 4.57 Å². The smallest absolute Gasteiger partial charge is 0.468 e. The van der Waals surface area contributed by atoms with Crippen molar-refractivity contribution in [3.05, 3.63) is 0 Å². The number of rotatable bonds is 34. The van der Waals surface area contributed by atoms with Gasteiger partial charge in [0.15, 0.2) is 0 Å². The van der Waals surface area contributed by atoms with Crippen LogP contribution in [0.15, 0.2) is 0 Å². The van der Waals surface area contributed by atoms with Gasteiger partial charge < -0.3 is 19.3 Å². The van der Waals surface area contributed by atoms with Crippen LogP contribution in [0.3, 0.4) is 0 Å². The topological polar surface area (TPSA) is 119 Å². The van der Waals surface area contributed by atoms with Crippen LogP contribution in [0.5, 0.6) is 0 Å². The van der Waals surface area contributed by atoms with Crippen molar-refractivity contribution in [2.24, 2.45) is 0 Å². The van der Waals surface area contributed by atoms with Crippen molar-refractivity contribution < 1.29 is 37.9 Å². The van der Waals surface area contributed by atoms with E-state index in [0.29, 0.717) is 25.3 Å². The average Bonchev–Trinajstić information content (AvgIpc) is 2.95. The van der Waals surface area contributed by atoms with E-state index in [1.165, 1.54) is 103 Å². The predicted octanol–water partition coefficient (Wildman–Crippen LogP) is 9.30. The van der Waals surface area contributed by atoms with Gasteiger partial charge in [0.05, 0.1) is 13.2 Å². The molecule has 250 valence electrons. The highest BCUT2D eigenvalue weighted by Crippen LogP contribution is 2.36. The first-order valence-electron chi connectivity index (χ1n) is 16.9. The largest absolute Gasteiger partial charge is 0.469 e. The van der Waals surface area contributed by atoms with E-state index in [-0.39, 0.29) is 12.6 Å². The summed E-state index contributed by atoms with van der Waals surface area (Å²) in [6.45, 7) is 3.01. The van der Waals surface area contributed by atoms with Gasteiger partial charge in [0.2, 0.25) is 0 Å². The molecule has 2 N–H and O–H groups in total. The third-order valence-corrected chi connectivity index (χ3v) is 9.05. The standard InChI is InChI=1S/C32H63O8PS/c1-2-3-4-5-6-7-8-10-13-16-19-22-25-32(34)40-31(28-39-41(35,36)37)29-42-27-24-21-18-15-12-9-11-14-17-20-23-26-38-30-33/h30-31H,2-29H2,1H3,(H2,35,36,37)/t31-/m1/s1. The molecule has 0 aliphatic rings. The molecule has 0 saturated carbocycles. The lowest BCUT2D eigenvalue weighted by Crippen LogP contribution is -2.25. The molecule has 0 radical (unpaired) electrons. The van der Waals surface area contributed by atoms with Crippen LogP contribution in [0.25, 0.3) is 0 Å². The van der Waals surface area contributed by atoms with Gasteiger partial charge in [-0.05, 0) is 25.0 Å². The van der Waals surface area contributed by atoms with Crippen LogP contribution in [0.1, 0.15) is 161 Å². The molecule has 0 heterocycles. The SMILES string of the molecule is CCCCCCCCCCCCCCC(=O)O[C@H](COP(=O)(O)O)CSCCCCCCCCCCCCCOC=O. The van der Waals surface area contributed by atoms with Crippen LogP contribution < -0.4 is 0 Å². The Morgan fingerprint density at radius 2 is 1.17 bits per heavy atom. The Bertz CT molecular complexity index is 646. The number of thioether (sulfide) groups is 1. The van der Waals surface area contributed by atoms with E-state index in [2.05, 4.69) is 11.4 Å². The first kappa shape index (κ1) is 41.4. The molecule has 10 heteroatoms. The Morgan fingerprint density at radius 1 is 0.714 bits per heavy atom. The maximum atomic E-state index is 12.3. The van der Waals surface area contributed by atoms with Gasteiger partial charge in [-0.1, -0.05) is 135 Å². The molecule has 0 aliphatic carbocycles. The number of unbranched alkanes of at least 4 members (excludes halogenated alkanes) is 21. The summed E-state index contributed by atoms with van der Waals surface area (Å²) >= 11 is 1.65. The van der Waals surface area contributed by atoms with Gasteiger partial charge in [0.25, 0.3) is 6.47 Å². The van der Waals surface area contributed by atoms with E-state index in [1.807, 2.05) is 0 Å². The van der Waals surface area contributed by atoms with E-state index in [9.17, 15) is 14.2 Å². The second-order valence-corrected chi connectivity index (χ2v) is 13.9. The van der Waals surface area contributed by atoms with Gasteiger partial charge >= 0.3 is 13.8 Å². The summed E-state index contributed by atoms with van der Waals surface area (Å²) in [5, 5.41) is 0. The Kier molecular flexibility index (Phi) is 31.4. The highest BCUT2D eigenvalue weighted by Gasteiger charge is 2.21. The number of ether oxygens (including phenoxy) is 2. The molecule has 1 atom stereocenters. The predicted molar refractivity (Wildman–Crippen MR) is 174 cm³/mol. The summed E-state index contributed by atoms with van der Waals surface area (Å²) in [4.78, 5) is 40.5. The van der Waals surface area contributed by atoms with Crippen molar-refractivity contribution in [2.45, 2.75) is 167 Å². The van der Waals surface area contributed by atoms with E-state index >= 15 is 0 Å². The molecule has 0 spiro atoms. The fourth-order valence-corrected chi connectivity index (χ4v) is 6.26. The zero-order valence-electron chi connectivity index (χ0n) is 26.7. The Morgan fingerprint density at radius 3 is 1.64 bits per heavy atom. The number of hydrogen-bond acceptors (Lipinski definition) is 7. The molecular formula is C32H63O8PS. The zero-order valence-corrected chi connectivity index (χ0v) is 28.4. The number of phosphoric ester groups is 1. The van der Waals surface area contributed by atoms with E-state index < -0.39 is 13.9 Å². The van der Waals surface area contributed by atoms with Gasteiger partial charge in [0, 0.05) is 12.2 Å². The van der Waals surface area contributed by atoms with Crippen molar-refractivity contribution >= 4 is 32.0 Å². The summed E-state index contributed by atoms with van der Waals surface area (Å²) in [7, 11) is -4.61. The zero-order chi connectivity index (χ0) is 31.0. The third-order valence-electron chi connectivity index (χ3n) is 7.38. The third kappa shape index (κ3) is 33.9. The second kappa shape index (κ2) is 31.8. The van der Waals surface area contributed by atoms with Gasteiger partial charge in [-0.3, -0.25) is 14.1 Å². The summed E-state index contributed by atoms with van der Waals surface area (Å²) in [5.41, 5.74) is 0. The van der Waals surface area contributed by atoms with E-state index in [0.717, 1.165) is 50.7 Å². The van der Waals surface area contributed by atoms with Gasteiger partial charge in [-0.15, -0.1) is 0 Å². The van der Waals surface area contributed by atoms with Crippen molar-refractivity contribution in [3.63, 3.8) is 0 Å². The quantitative estimate of drug-likeness (QED) is 0.0307. The molecular weight excluding hydrogens is 575 g/mol. The van der Waals surface area contributed by atoms with Crippen LogP contribution in [-0.2, 0) is 28.2 Å². The maximum Gasteiger partial charge on any atom is 0.469 e. The van der Waals surface area contributed by atoms with Crippen LogP contribution in [0, 0.1) is 0 Å². The molecule has 42 heavy (non-hydrogen) atoms. The number of esters is 1. The lowest BCUT2D eigenvalue weighted by molar-refractivity contribution is -0.149. The number of carbonyl (C=O) groups is 2. The van der Waals surface area contributed by atoms with E-state index in [4.69, 9.17) is 19.3 Å². The molecule has 0 rings (SSSR count). The summed E-state index contributed by atoms with van der Waals surface area (Å²) in [6.07, 6.45) is 27.4. The summed E-state index contributed by atoms with van der Waals surface area (Å²) < 4.78 is 26.0. The number of hydrogen-bond donors (Lipinski definition) is 2. The molecule has 0 aliphatic heterocycles. The first-order chi connectivity index (χ1) is 20.4. The van der Waals surface area contributed by atoms with Crippen LogP contribution >= 0.6 is 19.6 Å². The van der Waals surface area contributed by atoms with Crippen molar-refractivity contribution in [1.29, 1.82) is 0 Å². The van der Waals surface area contributed by atoms with Crippen LogP contribution in [0.2, 0.25) is 0 Å². The minimum atomic E-state index is -4.61. The Labute approximate surface area is 261 Å². The van der Waals surface area contributed by atoms with Crippen LogP contribution in [0.4, 0.5) is 0 Å². The fraction of sp³-hybridized carbons (Fsp3) is 0.938. The molecule has 0 aromatic heterocycles. The fourth-order valence-electron chi connectivity index (χ4n) is 4.89. The van der Waals surface area contributed by atoms with Gasteiger partial charge in [0.1, 0.15) is 6.10 Å². The van der Waals surface area contributed by atoms with Crippen LogP contribution in [-0.4, -0.2) is 53.1 Å². The maximum absolute atomic E-state index is 12.3. The number of phosphoric acid groups is 1. The minimum absolute atomic E-state index is 0.284. The van der Waals surface area contributed by atoms with Crippen molar-refractivity contribution in [1.82, 2.24) is 0 Å². The second-order valence-electron chi connectivity index (χ2n) is 11.5. The number of carbonyl (C=O) groups excluding carboxylic acids is 2. The normalized spacial score (nSPS) is 12.4. The molecule has 0 saturated heterocycles. The highest BCUT2D eigenvalue weighted by atomic mass is 32.2. The summed E-state index contributed by atoms with van der Waals surface area (Å²) in [5.74, 6) is 1.09. The van der Waals surface area contributed by atoms with Crippen molar-refractivity contribution in [3.8, 4) is 0 Å². The first-order valence-corrected chi connectivity index (χ1v) is 19.6. The molecule has 0 aromatic rings.